The highest BCUT2D eigenvalue weighted by Gasteiger charge is 2.44. The molecule has 9 heteroatoms. The fraction of sp³-hybridized carbons (Fsp3) is 0.457. The number of hydrogen-bond acceptors (Lipinski definition) is 5. The van der Waals surface area contributed by atoms with E-state index in [9.17, 15) is 13.2 Å². The molecule has 0 aliphatic carbocycles. The summed E-state index contributed by atoms with van der Waals surface area (Å²) in [5.74, 6) is 0.0391. The fourth-order valence-electron chi connectivity index (χ4n) is 6.60. The van der Waals surface area contributed by atoms with Crippen LogP contribution in [0.4, 0.5) is 4.79 Å². The van der Waals surface area contributed by atoms with Gasteiger partial charge in [0.2, 0.25) is 10.0 Å². The molecule has 2 heterocycles. The normalized spacial score (nSPS) is 17.8. The molecule has 7 nitrogen and oxygen atoms in total. The molecule has 0 bridgehead atoms. The highest BCUT2D eigenvalue weighted by molar-refractivity contribution is 7.89. The second-order valence-corrected chi connectivity index (χ2v) is 15.7. The first-order chi connectivity index (χ1) is 20.9. The molecule has 3 aromatic rings. The molecule has 1 saturated heterocycles. The van der Waals surface area contributed by atoms with E-state index in [4.69, 9.17) is 16.3 Å². The number of ether oxygens (including phenoxy) is 1. The Kier molecular flexibility index (Phi) is 9.75. The number of halogens is 1. The molecule has 44 heavy (non-hydrogen) atoms. The van der Waals surface area contributed by atoms with Crippen molar-refractivity contribution in [2.75, 3.05) is 39.8 Å². The largest absolute Gasteiger partial charge is 0.444 e. The van der Waals surface area contributed by atoms with E-state index in [0.29, 0.717) is 24.7 Å². The second kappa shape index (κ2) is 13.2. The van der Waals surface area contributed by atoms with E-state index in [2.05, 4.69) is 35.2 Å². The van der Waals surface area contributed by atoms with Crippen LogP contribution in [0.25, 0.3) is 0 Å². The van der Waals surface area contributed by atoms with Crippen molar-refractivity contribution in [3.05, 3.63) is 101 Å². The van der Waals surface area contributed by atoms with Gasteiger partial charge in [0.1, 0.15) is 5.60 Å². The monoisotopic (exact) mass is 637 g/mol. The average molecular weight is 638 g/mol. The van der Waals surface area contributed by atoms with Crippen LogP contribution in [0.2, 0.25) is 5.02 Å². The van der Waals surface area contributed by atoms with E-state index in [1.54, 1.807) is 31.3 Å². The van der Waals surface area contributed by atoms with Crippen molar-refractivity contribution < 1.29 is 17.9 Å². The third-order valence-electron chi connectivity index (χ3n) is 8.97. The Morgan fingerprint density at radius 2 is 1.61 bits per heavy atom. The fourth-order valence-corrected chi connectivity index (χ4v) is 7.94. The van der Waals surface area contributed by atoms with Gasteiger partial charge in [-0.25, -0.2) is 17.5 Å². The van der Waals surface area contributed by atoms with Gasteiger partial charge in [-0.2, -0.15) is 0 Å². The molecule has 1 atom stereocenters. The smallest absolute Gasteiger partial charge is 0.410 e. The van der Waals surface area contributed by atoms with Gasteiger partial charge in [0.05, 0.1) is 4.90 Å². The van der Waals surface area contributed by atoms with Crippen LogP contribution in [0.1, 0.15) is 62.6 Å². The number of likely N-dealkylation sites (tertiary alicyclic amines) is 1. The number of piperidine rings is 1. The Hall–Kier alpha value is -2.91. The number of rotatable bonds is 8. The lowest BCUT2D eigenvalue weighted by molar-refractivity contribution is 0.0104. The molecule has 0 radical (unpaired) electrons. The molecule has 3 aromatic carbocycles. The van der Waals surface area contributed by atoms with E-state index in [-0.39, 0.29) is 22.3 Å². The maximum absolute atomic E-state index is 13.4. The summed E-state index contributed by atoms with van der Waals surface area (Å²) in [6.45, 7) is 10.0. The first kappa shape index (κ1) is 32.5. The van der Waals surface area contributed by atoms with Crippen LogP contribution < -0.4 is 0 Å². The van der Waals surface area contributed by atoms with E-state index >= 15 is 0 Å². The van der Waals surface area contributed by atoms with Gasteiger partial charge in [-0.15, -0.1) is 0 Å². The van der Waals surface area contributed by atoms with Crippen molar-refractivity contribution in [1.82, 2.24) is 14.1 Å². The Morgan fingerprint density at radius 1 is 0.977 bits per heavy atom. The summed E-state index contributed by atoms with van der Waals surface area (Å²) in [5.41, 5.74) is 3.05. The lowest BCUT2D eigenvalue weighted by atomic mass is 9.69. The zero-order valence-electron chi connectivity index (χ0n) is 26.2. The summed E-state index contributed by atoms with van der Waals surface area (Å²) >= 11 is 6.00. The maximum atomic E-state index is 13.4. The maximum Gasteiger partial charge on any atom is 0.410 e. The third kappa shape index (κ3) is 7.48. The zero-order chi connectivity index (χ0) is 31.5. The number of carbonyl (C=O) groups excluding carboxylic acids is 1. The first-order valence-corrected chi connectivity index (χ1v) is 17.2. The topological polar surface area (TPSA) is 70.2 Å². The van der Waals surface area contributed by atoms with E-state index in [1.165, 1.54) is 15.4 Å². The minimum Gasteiger partial charge on any atom is -0.444 e. The quantitative estimate of drug-likeness (QED) is 0.268. The van der Waals surface area contributed by atoms with Gasteiger partial charge < -0.3 is 14.5 Å². The van der Waals surface area contributed by atoms with Crippen LogP contribution in [0, 0.1) is 0 Å². The summed E-state index contributed by atoms with van der Waals surface area (Å²) in [5, 5.41) is 0.506. The minimum absolute atomic E-state index is 0.0391. The number of nitrogens with zero attached hydrogens (tertiary/aromatic N) is 3. The van der Waals surface area contributed by atoms with E-state index < -0.39 is 15.6 Å². The van der Waals surface area contributed by atoms with Gasteiger partial charge in [0.25, 0.3) is 0 Å². The van der Waals surface area contributed by atoms with Crippen molar-refractivity contribution in [3.63, 3.8) is 0 Å². The van der Waals surface area contributed by atoms with Gasteiger partial charge in [-0.3, -0.25) is 0 Å². The summed E-state index contributed by atoms with van der Waals surface area (Å²) in [4.78, 5) is 17.7. The summed E-state index contributed by atoms with van der Waals surface area (Å²) in [7, 11) is -2.00. The van der Waals surface area contributed by atoms with Crippen LogP contribution in [0.15, 0.2) is 83.8 Å². The summed E-state index contributed by atoms with van der Waals surface area (Å²) < 4.78 is 34.0. The number of amides is 1. The Morgan fingerprint density at radius 3 is 2.27 bits per heavy atom. The zero-order valence-corrected chi connectivity index (χ0v) is 27.8. The summed E-state index contributed by atoms with van der Waals surface area (Å²) in [6.07, 6.45) is 2.48. The molecule has 1 fully saturated rings. The molecule has 0 aromatic heterocycles. The van der Waals surface area contributed by atoms with Gasteiger partial charge in [0, 0.05) is 37.1 Å². The third-order valence-corrected chi connectivity index (χ3v) is 11.1. The lowest BCUT2D eigenvalue weighted by Gasteiger charge is -2.48. The molecular weight excluding hydrogens is 594 g/mol. The van der Waals surface area contributed by atoms with Crippen LogP contribution >= 0.6 is 11.6 Å². The highest BCUT2D eigenvalue weighted by atomic mass is 35.5. The Bertz CT molecular complexity index is 1530. The molecule has 236 valence electrons. The standard InChI is InChI=1S/C35H44ClN3O4S/c1-34(2,3)43-33(40)39-25-29-12-8-9-13-32(29)35(26-39)19-22-38(23-20-35)21-18-28(27-10-6-5-7-11-27)24-37(4)44(41,42)31-16-14-30(36)15-17-31/h5-17,28H,18-26H2,1-4H3. The predicted octanol–water partition coefficient (Wildman–Crippen LogP) is 6.92. The molecule has 0 saturated carbocycles. The van der Waals surface area contributed by atoms with E-state index in [0.717, 1.165) is 44.5 Å². The van der Waals surface area contributed by atoms with Gasteiger partial charge in [0.15, 0.2) is 0 Å². The first-order valence-electron chi connectivity index (χ1n) is 15.4. The average Bonchev–Trinajstić information content (AvgIpc) is 3.00. The van der Waals surface area contributed by atoms with E-state index in [1.807, 2.05) is 49.9 Å². The molecule has 1 unspecified atom stereocenters. The summed E-state index contributed by atoms with van der Waals surface area (Å²) in [6, 6.07) is 25.0. The molecular formula is C35H44ClN3O4S. The number of sulfonamides is 1. The van der Waals surface area contributed by atoms with Crippen molar-refractivity contribution >= 4 is 27.7 Å². The van der Waals surface area contributed by atoms with Gasteiger partial charge in [-0.1, -0.05) is 66.2 Å². The van der Waals surface area contributed by atoms with Crippen LogP contribution in [0.5, 0.6) is 0 Å². The van der Waals surface area contributed by atoms with Crippen molar-refractivity contribution in [2.45, 2.75) is 68.4 Å². The Balaban J connectivity index is 1.27. The minimum atomic E-state index is -3.65. The molecule has 1 spiro atoms. The molecule has 0 N–H and O–H groups in total. The number of likely N-dealkylation sites (N-methyl/N-ethyl adjacent to an activating group) is 1. The highest BCUT2D eigenvalue weighted by Crippen LogP contribution is 2.42. The van der Waals surface area contributed by atoms with Crippen molar-refractivity contribution in [1.29, 1.82) is 0 Å². The molecule has 5 rings (SSSR count). The molecule has 2 aliphatic heterocycles. The number of fused-ring (bicyclic) bond motifs is 2. The van der Waals surface area contributed by atoms with Gasteiger partial charge in [-0.05, 0) is 107 Å². The second-order valence-electron chi connectivity index (χ2n) is 13.3. The lowest BCUT2D eigenvalue weighted by Crippen LogP contribution is -2.54. The van der Waals surface area contributed by atoms with Crippen molar-refractivity contribution in [3.8, 4) is 0 Å². The SMILES string of the molecule is CN(CC(CCN1CCC2(CC1)CN(C(=O)OC(C)(C)C)Cc1ccccc12)c1ccccc1)S(=O)(=O)c1ccc(Cl)cc1. The van der Waals surface area contributed by atoms with Crippen LogP contribution in [0.3, 0.4) is 0 Å². The van der Waals surface area contributed by atoms with Crippen LogP contribution in [-0.2, 0) is 26.7 Å². The number of carbonyl (C=O) groups is 1. The molecule has 2 aliphatic rings. The Labute approximate surface area is 267 Å². The van der Waals surface area contributed by atoms with Crippen LogP contribution in [-0.4, -0.2) is 74.0 Å². The number of benzene rings is 3. The number of hydrogen-bond donors (Lipinski definition) is 0. The molecule has 1 amide bonds. The predicted molar refractivity (Wildman–Crippen MR) is 176 cm³/mol. The van der Waals surface area contributed by atoms with Gasteiger partial charge >= 0.3 is 6.09 Å². The van der Waals surface area contributed by atoms with Crippen molar-refractivity contribution in [2.24, 2.45) is 0 Å².